The maximum absolute atomic E-state index is 10.3. The van der Waals surface area contributed by atoms with E-state index in [9.17, 15) is 5.11 Å². The molecule has 2 N–H and O–H groups in total. The van der Waals surface area contributed by atoms with Gasteiger partial charge in [0.1, 0.15) is 0 Å². The highest BCUT2D eigenvalue weighted by molar-refractivity contribution is 5.14. The first-order valence-electron chi connectivity index (χ1n) is 5.53. The first-order valence-corrected chi connectivity index (χ1v) is 5.53. The van der Waals surface area contributed by atoms with Crippen LogP contribution in [-0.4, -0.2) is 28.8 Å². The van der Waals surface area contributed by atoms with Gasteiger partial charge in [-0.3, -0.25) is 4.98 Å². The lowest BCUT2D eigenvalue weighted by Crippen LogP contribution is -2.43. The number of aliphatic hydroxyl groups is 1. The molecule has 1 aliphatic heterocycles. The average molecular weight is 206 g/mol. The normalized spacial score (nSPS) is 20.1. The molecule has 1 aromatic rings. The van der Waals surface area contributed by atoms with Crippen LogP contribution in [0.2, 0.25) is 0 Å². The van der Waals surface area contributed by atoms with Crippen molar-refractivity contribution in [1.82, 2.24) is 10.3 Å². The second-order valence-corrected chi connectivity index (χ2v) is 4.48. The summed E-state index contributed by atoms with van der Waals surface area (Å²) in [7, 11) is 0. The van der Waals surface area contributed by atoms with Gasteiger partial charge in [0.25, 0.3) is 0 Å². The van der Waals surface area contributed by atoms with Gasteiger partial charge in [0.2, 0.25) is 0 Å². The predicted octanol–water partition coefficient (Wildman–Crippen LogP) is 1.05. The molecule has 0 amide bonds. The predicted molar refractivity (Wildman–Crippen MR) is 59.7 cm³/mol. The molecule has 0 atom stereocenters. The molecule has 0 saturated carbocycles. The van der Waals surface area contributed by atoms with Gasteiger partial charge in [0.05, 0.1) is 5.60 Å². The molecule has 2 heterocycles. The van der Waals surface area contributed by atoms with Gasteiger partial charge in [-0.25, -0.2) is 0 Å². The molecule has 15 heavy (non-hydrogen) atoms. The largest absolute Gasteiger partial charge is 0.389 e. The van der Waals surface area contributed by atoms with E-state index in [1.54, 1.807) is 0 Å². The Morgan fingerprint density at radius 3 is 2.73 bits per heavy atom. The standard InChI is InChI=1S/C12H18N2O/c1-10-2-3-11(14-9-10)8-12(15)4-6-13-7-5-12/h2-3,9,13,15H,4-8H2,1H3. The summed E-state index contributed by atoms with van der Waals surface area (Å²) >= 11 is 0. The number of aryl methyl sites for hydroxylation is 1. The van der Waals surface area contributed by atoms with E-state index in [4.69, 9.17) is 0 Å². The lowest BCUT2D eigenvalue weighted by atomic mass is 9.87. The number of pyridine rings is 1. The Morgan fingerprint density at radius 1 is 1.40 bits per heavy atom. The van der Waals surface area contributed by atoms with Gasteiger partial charge in [0, 0.05) is 18.3 Å². The maximum Gasteiger partial charge on any atom is 0.0727 e. The lowest BCUT2D eigenvalue weighted by molar-refractivity contribution is 0.0100. The van der Waals surface area contributed by atoms with Gasteiger partial charge < -0.3 is 10.4 Å². The summed E-state index contributed by atoms with van der Waals surface area (Å²) in [4.78, 5) is 4.34. The van der Waals surface area contributed by atoms with Crippen LogP contribution in [0.5, 0.6) is 0 Å². The Morgan fingerprint density at radius 2 is 2.13 bits per heavy atom. The number of nitrogens with one attached hydrogen (secondary N) is 1. The second-order valence-electron chi connectivity index (χ2n) is 4.48. The number of hydrogen-bond donors (Lipinski definition) is 2. The van der Waals surface area contributed by atoms with Gasteiger partial charge in [0.15, 0.2) is 0 Å². The molecular weight excluding hydrogens is 188 g/mol. The van der Waals surface area contributed by atoms with Gasteiger partial charge in [-0.1, -0.05) is 6.07 Å². The van der Waals surface area contributed by atoms with Crippen LogP contribution in [0, 0.1) is 6.92 Å². The number of hydrogen-bond acceptors (Lipinski definition) is 3. The van der Waals surface area contributed by atoms with E-state index in [0.717, 1.165) is 37.2 Å². The molecule has 0 bridgehead atoms. The van der Waals surface area contributed by atoms with Crippen molar-refractivity contribution in [3.8, 4) is 0 Å². The monoisotopic (exact) mass is 206 g/mol. The van der Waals surface area contributed by atoms with Crippen molar-refractivity contribution < 1.29 is 5.11 Å². The molecule has 1 aromatic heterocycles. The highest BCUT2D eigenvalue weighted by Gasteiger charge is 2.29. The smallest absolute Gasteiger partial charge is 0.0727 e. The minimum Gasteiger partial charge on any atom is -0.389 e. The molecule has 0 aromatic carbocycles. The van der Waals surface area contributed by atoms with Gasteiger partial charge in [-0.15, -0.1) is 0 Å². The molecule has 82 valence electrons. The van der Waals surface area contributed by atoms with Crippen LogP contribution in [-0.2, 0) is 6.42 Å². The molecule has 0 aliphatic carbocycles. The summed E-state index contributed by atoms with van der Waals surface area (Å²) in [5, 5.41) is 13.6. The average Bonchev–Trinajstić information content (AvgIpc) is 2.22. The van der Waals surface area contributed by atoms with Gasteiger partial charge >= 0.3 is 0 Å². The third-order valence-electron chi connectivity index (χ3n) is 3.02. The topological polar surface area (TPSA) is 45.1 Å². The van der Waals surface area contributed by atoms with Crippen LogP contribution in [0.25, 0.3) is 0 Å². The highest BCUT2D eigenvalue weighted by Crippen LogP contribution is 2.22. The van der Waals surface area contributed by atoms with Crippen LogP contribution in [0.4, 0.5) is 0 Å². The summed E-state index contributed by atoms with van der Waals surface area (Å²) in [6, 6.07) is 4.06. The zero-order valence-electron chi connectivity index (χ0n) is 9.16. The third-order valence-corrected chi connectivity index (χ3v) is 3.02. The number of aromatic nitrogens is 1. The van der Waals surface area contributed by atoms with E-state index < -0.39 is 5.60 Å². The van der Waals surface area contributed by atoms with E-state index in [2.05, 4.69) is 10.3 Å². The van der Waals surface area contributed by atoms with E-state index in [1.807, 2.05) is 25.3 Å². The SMILES string of the molecule is Cc1ccc(CC2(O)CCNCC2)nc1. The molecule has 1 aliphatic rings. The Kier molecular flexibility index (Phi) is 3.03. The first-order chi connectivity index (χ1) is 7.18. The van der Waals surface area contributed by atoms with Gasteiger partial charge in [-0.2, -0.15) is 0 Å². The number of rotatable bonds is 2. The van der Waals surface area contributed by atoms with Crippen LogP contribution in [0.15, 0.2) is 18.3 Å². The molecule has 0 unspecified atom stereocenters. The fraction of sp³-hybridized carbons (Fsp3) is 0.583. The van der Waals surface area contributed by atoms with Crippen molar-refractivity contribution in [2.24, 2.45) is 0 Å². The molecule has 1 fully saturated rings. The van der Waals surface area contributed by atoms with Crippen molar-refractivity contribution in [1.29, 1.82) is 0 Å². The Bertz CT molecular complexity index is 315. The molecule has 3 heteroatoms. The van der Waals surface area contributed by atoms with Crippen LogP contribution >= 0.6 is 0 Å². The minimum atomic E-state index is -0.548. The Balaban J connectivity index is 2.03. The number of piperidine rings is 1. The Labute approximate surface area is 90.5 Å². The van der Waals surface area contributed by atoms with Crippen molar-refractivity contribution in [3.05, 3.63) is 29.6 Å². The zero-order valence-corrected chi connectivity index (χ0v) is 9.16. The molecule has 1 saturated heterocycles. The van der Waals surface area contributed by atoms with Crippen LogP contribution < -0.4 is 5.32 Å². The van der Waals surface area contributed by atoms with Crippen LogP contribution in [0.3, 0.4) is 0 Å². The molecule has 3 nitrogen and oxygen atoms in total. The summed E-state index contributed by atoms with van der Waals surface area (Å²) in [5.41, 5.74) is 1.61. The molecule has 0 spiro atoms. The van der Waals surface area contributed by atoms with E-state index in [-0.39, 0.29) is 0 Å². The zero-order chi connectivity index (χ0) is 10.7. The molecular formula is C12H18N2O. The number of nitrogens with zero attached hydrogens (tertiary/aromatic N) is 1. The van der Waals surface area contributed by atoms with Crippen molar-refractivity contribution >= 4 is 0 Å². The van der Waals surface area contributed by atoms with Gasteiger partial charge in [-0.05, 0) is 44.5 Å². The minimum absolute atomic E-state index is 0.548. The summed E-state index contributed by atoms with van der Waals surface area (Å²) in [6.07, 6.45) is 4.18. The van der Waals surface area contributed by atoms with Crippen LogP contribution in [0.1, 0.15) is 24.1 Å². The third kappa shape index (κ3) is 2.76. The second kappa shape index (κ2) is 4.29. The Hall–Kier alpha value is -0.930. The fourth-order valence-electron chi connectivity index (χ4n) is 2.01. The summed E-state index contributed by atoms with van der Waals surface area (Å²) < 4.78 is 0. The molecule has 0 radical (unpaired) electrons. The first kappa shape index (κ1) is 10.6. The maximum atomic E-state index is 10.3. The quantitative estimate of drug-likeness (QED) is 0.760. The van der Waals surface area contributed by atoms with Crippen molar-refractivity contribution in [2.45, 2.75) is 31.8 Å². The van der Waals surface area contributed by atoms with Crippen molar-refractivity contribution in [3.63, 3.8) is 0 Å². The van der Waals surface area contributed by atoms with E-state index >= 15 is 0 Å². The van der Waals surface area contributed by atoms with Crippen molar-refractivity contribution in [2.75, 3.05) is 13.1 Å². The van der Waals surface area contributed by atoms with E-state index in [1.165, 1.54) is 0 Å². The summed E-state index contributed by atoms with van der Waals surface area (Å²) in [6.45, 7) is 3.83. The highest BCUT2D eigenvalue weighted by atomic mass is 16.3. The molecule has 2 rings (SSSR count). The fourth-order valence-corrected chi connectivity index (χ4v) is 2.01. The summed E-state index contributed by atoms with van der Waals surface area (Å²) in [5.74, 6) is 0. The lowest BCUT2D eigenvalue weighted by Gasteiger charge is -2.32. The van der Waals surface area contributed by atoms with E-state index in [0.29, 0.717) is 6.42 Å².